The Morgan fingerprint density at radius 2 is 2.11 bits per heavy atom. The third-order valence-electron chi connectivity index (χ3n) is 6.74. The van der Waals surface area contributed by atoms with Crippen LogP contribution in [0.3, 0.4) is 0 Å². The van der Waals surface area contributed by atoms with Crippen molar-refractivity contribution < 1.29 is 21.4 Å². The highest BCUT2D eigenvalue weighted by Crippen LogP contribution is 2.44. The zero-order chi connectivity index (χ0) is 28.3. The molecule has 4 aromatic rings. The van der Waals surface area contributed by atoms with Crippen LogP contribution in [0.2, 0.25) is 5.02 Å². The molecule has 1 saturated heterocycles. The lowest BCUT2D eigenvalue weighted by molar-refractivity contribution is -0.129. The Hall–Kier alpha value is -3.30. The molecule has 5 heterocycles. The molecule has 0 spiro atoms. The molecule has 3 aromatic heterocycles. The number of carbonyl (C=O) groups is 1. The predicted octanol–water partition coefficient (Wildman–Crippen LogP) is 4.00. The van der Waals surface area contributed by atoms with Crippen LogP contribution in [0.25, 0.3) is 22.5 Å². The number of aromatic amines is 1. The molecule has 1 fully saturated rings. The summed E-state index contributed by atoms with van der Waals surface area (Å²) in [6, 6.07) is 3.63. The number of amides is 1. The first-order valence-corrected chi connectivity index (χ1v) is 12.9. The molecule has 1 amide bonds. The van der Waals surface area contributed by atoms with Crippen molar-refractivity contribution in [2.24, 2.45) is 0 Å². The average molecular weight is 653 g/mol. The average Bonchev–Trinajstić information content (AvgIpc) is 3.65. The van der Waals surface area contributed by atoms with Gasteiger partial charge in [-0.3, -0.25) is 9.78 Å². The molecular weight excluding hydrogens is 633 g/mol. The minimum absolute atomic E-state index is 0.0388. The Balaban J connectivity index is 1.35. The van der Waals surface area contributed by atoms with E-state index in [4.69, 9.17) is 14.3 Å². The minimum atomic E-state index is -2.97. The normalized spacial score (nSPS) is 20.3. The summed E-state index contributed by atoms with van der Waals surface area (Å²) < 4.78 is 47.1. The summed E-state index contributed by atoms with van der Waals surface area (Å²) in [5.74, 6) is -1.61. The number of nitrogens with one attached hydrogen (secondary N) is 1. The smallest absolute Gasteiger partial charge is 0.247 e. The monoisotopic (exact) mass is 652 g/mol. The number of halogens is 4. The van der Waals surface area contributed by atoms with Gasteiger partial charge >= 0.3 is 0 Å². The maximum absolute atomic E-state index is 15.3. The lowest BCUT2D eigenvalue weighted by Crippen LogP contribution is -2.39. The van der Waals surface area contributed by atoms with Gasteiger partial charge in [0.25, 0.3) is 0 Å². The maximum atomic E-state index is 15.3. The number of pyridine rings is 1. The molecule has 6 rings (SSSR count). The van der Waals surface area contributed by atoms with Crippen LogP contribution in [0.4, 0.5) is 8.78 Å². The molecule has 10 nitrogen and oxygen atoms in total. The minimum Gasteiger partial charge on any atom is -0.390 e. The number of imidazole rings is 1. The van der Waals surface area contributed by atoms with Crippen LogP contribution in [-0.4, -0.2) is 57.1 Å². The number of nitrogens with zero attached hydrogens (tertiary/aromatic N) is 7. The van der Waals surface area contributed by atoms with Crippen LogP contribution in [0.1, 0.15) is 45.1 Å². The summed E-state index contributed by atoms with van der Waals surface area (Å²) in [5, 5.41) is 20.7. The van der Waals surface area contributed by atoms with E-state index in [1.807, 2.05) is 22.6 Å². The van der Waals surface area contributed by atoms with Gasteiger partial charge in [0.15, 0.2) is 11.6 Å². The second-order valence-corrected chi connectivity index (χ2v) is 10.3. The number of aliphatic hydroxyl groups is 1. The second kappa shape index (κ2) is 9.78. The highest BCUT2D eigenvalue weighted by Gasteiger charge is 2.42. The molecule has 0 aliphatic carbocycles. The maximum Gasteiger partial charge on any atom is 0.247 e. The van der Waals surface area contributed by atoms with Crippen LogP contribution in [0.15, 0.2) is 36.8 Å². The van der Waals surface area contributed by atoms with Crippen molar-refractivity contribution in [3.63, 3.8) is 0 Å². The summed E-state index contributed by atoms with van der Waals surface area (Å²) >= 11 is 8.04. The largest absolute Gasteiger partial charge is 0.390 e. The molecule has 0 radical (unpaired) electrons. The summed E-state index contributed by atoms with van der Waals surface area (Å²) in [6.45, 7) is -2.97. The van der Waals surface area contributed by atoms with Crippen LogP contribution >= 0.6 is 34.2 Å². The van der Waals surface area contributed by atoms with Gasteiger partial charge in [0.05, 0.1) is 26.1 Å². The zero-order valence-corrected chi connectivity index (χ0v) is 22.2. The van der Waals surface area contributed by atoms with Crippen molar-refractivity contribution in [2.45, 2.75) is 37.9 Å². The lowest BCUT2D eigenvalue weighted by atomic mass is 9.92. The first-order chi connectivity index (χ1) is 19.0. The summed E-state index contributed by atoms with van der Waals surface area (Å²) in [5.41, 5.74) is 0.394. The molecule has 0 bridgehead atoms. The fourth-order valence-electron chi connectivity index (χ4n) is 5.11. The van der Waals surface area contributed by atoms with Gasteiger partial charge in [0.1, 0.15) is 27.2 Å². The quantitative estimate of drug-likeness (QED) is 0.313. The van der Waals surface area contributed by atoms with Gasteiger partial charge in [-0.05, 0) is 76.1 Å². The SMILES string of the molecule is [2H]C([2H])(O)c1nccc(-c2nc([C@H]3CC[C@H]4CC(c5c(-n6cnnn6)ccc(Cl)c5F)=CC(=O)N43)[nH]c2I)c1F. The Morgan fingerprint density at radius 1 is 1.26 bits per heavy atom. The van der Waals surface area contributed by atoms with Crippen molar-refractivity contribution in [2.75, 3.05) is 0 Å². The standard InChI is InChI=1S/C24H18ClF2IN8O2/c25-14-2-4-16(35-10-30-33-34-35)19(21(14)27)11-7-12-1-3-17(36(12)18(38)8-11)24-31-22(23(28)32-24)13-5-6-29-15(9-37)20(13)26/h2,4-6,8,10,12,17,37H,1,3,7,9H2,(H,31,32)/t12-,17+/m0/s1/i9D2. The number of fused-ring (bicyclic) bond motifs is 1. The van der Waals surface area contributed by atoms with Crippen LogP contribution in [0, 0.1) is 15.3 Å². The van der Waals surface area contributed by atoms with Gasteiger partial charge in [0, 0.05) is 29.4 Å². The fraction of sp³-hybridized carbons (Fsp3) is 0.250. The molecule has 14 heteroatoms. The highest BCUT2D eigenvalue weighted by molar-refractivity contribution is 14.1. The van der Waals surface area contributed by atoms with Gasteiger partial charge in [0.2, 0.25) is 5.91 Å². The predicted molar refractivity (Wildman–Crippen MR) is 140 cm³/mol. The van der Waals surface area contributed by atoms with Gasteiger partial charge in [-0.2, -0.15) is 4.68 Å². The molecule has 2 aliphatic heterocycles. The van der Waals surface area contributed by atoms with Crippen molar-refractivity contribution in [3.05, 3.63) is 74.2 Å². The number of hydrogen-bond donors (Lipinski definition) is 2. The highest BCUT2D eigenvalue weighted by atomic mass is 127. The third kappa shape index (κ3) is 4.08. The molecule has 0 saturated carbocycles. The number of benzene rings is 1. The topological polar surface area (TPSA) is 126 Å². The second-order valence-electron chi connectivity index (χ2n) is 8.79. The van der Waals surface area contributed by atoms with Crippen LogP contribution in [0.5, 0.6) is 0 Å². The number of H-pyrrole nitrogens is 1. The molecule has 194 valence electrons. The van der Waals surface area contributed by atoms with E-state index in [1.165, 1.54) is 35.4 Å². The molecule has 38 heavy (non-hydrogen) atoms. The number of hydrogen-bond acceptors (Lipinski definition) is 7. The Labute approximate surface area is 235 Å². The van der Waals surface area contributed by atoms with E-state index in [2.05, 4.69) is 30.5 Å². The van der Waals surface area contributed by atoms with E-state index in [0.29, 0.717) is 40.0 Å². The number of tetrazole rings is 1. The van der Waals surface area contributed by atoms with Crippen molar-refractivity contribution >= 4 is 45.7 Å². The molecule has 2 aliphatic rings. The van der Waals surface area contributed by atoms with E-state index in [9.17, 15) is 9.90 Å². The molecule has 0 unspecified atom stereocenters. The Bertz CT molecular complexity index is 1680. The number of rotatable bonds is 5. The molecule has 2 atom stereocenters. The summed E-state index contributed by atoms with van der Waals surface area (Å²) in [7, 11) is 0. The fourth-order valence-corrected chi connectivity index (χ4v) is 5.96. The zero-order valence-electron chi connectivity index (χ0n) is 21.2. The lowest BCUT2D eigenvalue weighted by Gasteiger charge is -2.33. The summed E-state index contributed by atoms with van der Waals surface area (Å²) in [4.78, 5) is 26.5. The van der Waals surface area contributed by atoms with Crippen molar-refractivity contribution in [1.29, 1.82) is 0 Å². The molecular formula is C24H18ClF2IN8O2. The molecule has 1 aromatic carbocycles. The summed E-state index contributed by atoms with van der Waals surface area (Å²) in [6.07, 6.45) is 5.42. The van der Waals surface area contributed by atoms with E-state index in [-0.39, 0.29) is 33.8 Å². The van der Waals surface area contributed by atoms with Crippen LogP contribution in [-0.2, 0) is 11.4 Å². The molecule has 2 N–H and O–H groups in total. The Kier molecular flexibility index (Phi) is 5.83. The van der Waals surface area contributed by atoms with E-state index >= 15 is 8.78 Å². The van der Waals surface area contributed by atoms with E-state index < -0.39 is 29.9 Å². The number of aromatic nitrogens is 7. The van der Waals surface area contributed by atoms with Gasteiger partial charge in [-0.15, -0.1) is 5.10 Å². The van der Waals surface area contributed by atoms with Crippen LogP contribution < -0.4 is 0 Å². The van der Waals surface area contributed by atoms with Gasteiger partial charge < -0.3 is 15.0 Å². The van der Waals surface area contributed by atoms with Crippen molar-refractivity contribution in [1.82, 2.24) is 40.1 Å². The van der Waals surface area contributed by atoms with Gasteiger partial charge in [-0.1, -0.05) is 11.6 Å². The van der Waals surface area contributed by atoms with Crippen molar-refractivity contribution in [3.8, 4) is 16.9 Å². The first kappa shape index (κ1) is 22.7. The first-order valence-electron chi connectivity index (χ1n) is 12.4. The van der Waals surface area contributed by atoms with Gasteiger partial charge in [-0.25, -0.2) is 13.8 Å². The van der Waals surface area contributed by atoms with E-state index in [1.54, 1.807) is 11.0 Å². The van der Waals surface area contributed by atoms with E-state index in [0.717, 1.165) is 0 Å². The Morgan fingerprint density at radius 3 is 2.87 bits per heavy atom. The number of carbonyl (C=O) groups excluding carboxylic acids is 1. The third-order valence-corrected chi connectivity index (χ3v) is 7.82.